The molecule has 0 aromatic rings. The Labute approximate surface area is 100 Å². The number of ether oxygens (including phenoxy) is 1. The molecule has 1 saturated heterocycles. The Hall–Kier alpha value is -0.120. The van der Waals surface area contributed by atoms with Crippen LogP contribution in [0.5, 0.6) is 0 Å². The van der Waals surface area contributed by atoms with E-state index in [0.717, 1.165) is 19.7 Å². The van der Waals surface area contributed by atoms with Crippen LogP contribution in [0.3, 0.4) is 0 Å². The van der Waals surface area contributed by atoms with Crippen LogP contribution in [0.2, 0.25) is 0 Å². The average Bonchev–Trinajstić information content (AvgIpc) is 2.81. The summed E-state index contributed by atoms with van der Waals surface area (Å²) in [4.78, 5) is 0. The average molecular weight is 228 g/mol. The molecule has 96 valence electrons. The predicted octanol–water partition coefficient (Wildman–Crippen LogP) is 2.05. The van der Waals surface area contributed by atoms with Crippen LogP contribution in [0.15, 0.2) is 0 Å². The molecule has 1 heterocycles. The molecule has 1 fully saturated rings. The van der Waals surface area contributed by atoms with Crippen molar-refractivity contribution in [3.8, 4) is 0 Å². The summed E-state index contributed by atoms with van der Waals surface area (Å²) in [5.41, 5.74) is 5.77. The molecule has 0 saturated carbocycles. The van der Waals surface area contributed by atoms with Gasteiger partial charge < -0.3 is 15.8 Å². The van der Waals surface area contributed by atoms with Gasteiger partial charge in [-0.25, -0.2) is 0 Å². The van der Waals surface area contributed by atoms with E-state index in [1.165, 1.54) is 44.9 Å². The molecule has 0 aliphatic carbocycles. The first kappa shape index (κ1) is 13.9. The van der Waals surface area contributed by atoms with Gasteiger partial charge in [0.15, 0.2) is 0 Å². The van der Waals surface area contributed by atoms with Crippen LogP contribution in [0.4, 0.5) is 0 Å². The van der Waals surface area contributed by atoms with Gasteiger partial charge in [-0.15, -0.1) is 0 Å². The number of nitrogens with one attached hydrogen (secondary N) is 1. The van der Waals surface area contributed by atoms with E-state index in [0.29, 0.717) is 12.1 Å². The Morgan fingerprint density at radius 1 is 1.38 bits per heavy atom. The highest BCUT2D eigenvalue weighted by molar-refractivity contribution is 4.73. The molecule has 3 N–H and O–H groups in total. The number of unbranched alkanes of at least 4 members (excludes halogenated alkanes) is 3. The zero-order valence-electron chi connectivity index (χ0n) is 10.7. The second-order valence-electron chi connectivity index (χ2n) is 4.83. The normalized spacial score (nSPS) is 22.5. The van der Waals surface area contributed by atoms with Crippen LogP contribution in [-0.2, 0) is 4.74 Å². The summed E-state index contributed by atoms with van der Waals surface area (Å²) in [7, 11) is 0. The minimum absolute atomic E-state index is 0.435. The molecule has 0 bridgehead atoms. The number of hydrogen-bond acceptors (Lipinski definition) is 3. The number of nitrogens with two attached hydrogens (primary N) is 1. The highest BCUT2D eigenvalue weighted by atomic mass is 16.5. The van der Waals surface area contributed by atoms with Crippen molar-refractivity contribution in [3.05, 3.63) is 0 Å². The van der Waals surface area contributed by atoms with E-state index in [2.05, 4.69) is 12.2 Å². The van der Waals surface area contributed by atoms with Crippen LogP contribution in [0.1, 0.15) is 51.9 Å². The zero-order valence-corrected chi connectivity index (χ0v) is 10.7. The van der Waals surface area contributed by atoms with Crippen molar-refractivity contribution in [2.45, 2.75) is 64.0 Å². The van der Waals surface area contributed by atoms with Gasteiger partial charge in [0.05, 0.1) is 6.10 Å². The Bertz CT molecular complexity index is 158. The van der Waals surface area contributed by atoms with E-state index in [1.807, 2.05) is 0 Å². The predicted molar refractivity (Wildman–Crippen MR) is 68.6 cm³/mol. The maximum Gasteiger partial charge on any atom is 0.0700 e. The summed E-state index contributed by atoms with van der Waals surface area (Å²) in [6.45, 7) is 4.92. The van der Waals surface area contributed by atoms with Crippen LogP contribution in [0.25, 0.3) is 0 Å². The Kier molecular flexibility index (Phi) is 7.81. The first-order valence-corrected chi connectivity index (χ1v) is 6.91. The molecule has 0 aromatic carbocycles. The highest BCUT2D eigenvalue weighted by Gasteiger charge is 2.16. The molecular weight excluding hydrogens is 200 g/mol. The van der Waals surface area contributed by atoms with Crippen LogP contribution >= 0.6 is 0 Å². The van der Waals surface area contributed by atoms with Gasteiger partial charge in [0.1, 0.15) is 0 Å². The highest BCUT2D eigenvalue weighted by Crippen LogP contribution is 2.11. The first-order chi connectivity index (χ1) is 7.86. The summed E-state index contributed by atoms with van der Waals surface area (Å²) in [6.07, 6.45) is 9.37. The van der Waals surface area contributed by atoms with Crippen molar-refractivity contribution in [1.29, 1.82) is 0 Å². The van der Waals surface area contributed by atoms with Gasteiger partial charge in [0.25, 0.3) is 0 Å². The van der Waals surface area contributed by atoms with Crippen LogP contribution < -0.4 is 11.1 Å². The fraction of sp³-hybridized carbons (Fsp3) is 1.00. The van der Waals surface area contributed by atoms with Crippen molar-refractivity contribution < 1.29 is 4.74 Å². The summed E-state index contributed by atoms with van der Waals surface area (Å²) in [6, 6.07) is 0.487. The summed E-state index contributed by atoms with van der Waals surface area (Å²) in [5, 5.41) is 3.54. The van der Waals surface area contributed by atoms with Crippen LogP contribution in [-0.4, -0.2) is 31.8 Å². The molecule has 2 unspecified atom stereocenters. The van der Waals surface area contributed by atoms with Crippen molar-refractivity contribution in [3.63, 3.8) is 0 Å². The maximum atomic E-state index is 5.77. The molecule has 16 heavy (non-hydrogen) atoms. The van der Waals surface area contributed by atoms with Gasteiger partial charge in [-0.3, -0.25) is 0 Å². The van der Waals surface area contributed by atoms with E-state index in [1.54, 1.807) is 0 Å². The third kappa shape index (κ3) is 5.83. The summed E-state index contributed by atoms with van der Waals surface area (Å²) < 4.78 is 5.59. The molecule has 0 aromatic heterocycles. The van der Waals surface area contributed by atoms with Gasteiger partial charge in [-0.05, 0) is 19.3 Å². The van der Waals surface area contributed by atoms with Crippen molar-refractivity contribution in [2.75, 3.05) is 19.7 Å². The van der Waals surface area contributed by atoms with Crippen molar-refractivity contribution >= 4 is 0 Å². The van der Waals surface area contributed by atoms with E-state index < -0.39 is 0 Å². The first-order valence-electron chi connectivity index (χ1n) is 6.91. The molecule has 1 aliphatic heterocycles. The van der Waals surface area contributed by atoms with E-state index in [4.69, 9.17) is 10.5 Å². The lowest BCUT2D eigenvalue weighted by molar-refractivity contribution is 0.107. The standard InChI is InChI=1S/C13H28N2O/c1-2-3-4-5-7-12(10-14)15-11-13-8-6-9-16-13/h12-13,15H,2-11,14H2,1H3. The summed E-state index contributed by atoms with van der Waals surface area (Å²) in [5.74, 6) is 0. The number of rotatable bonds is 9. The Balaban J connectivity index is 2.01. The van der Waals surface area contributed by atoms with E-state index in [9.17, 15) is 0 Å². The third-order valence-corrected chi connectivity index (χ3v) is 3.35. The third-order valence-electron chi connectivity index (χ3n) is 3.35. The fourth-order valence-corrected chi connectivity index (χ4v) is 2.22. The number of hydrogen-bond donors (Lipinski definition) is 2. The van der Waals surface area contributed by atoms with Gasteiger partial charge in [-0.2, -0.15) is 0 Å². The largest absolute Gasteiger partial charge is 0.377 e. The van der Waals surface area contributed by atoms with Gasteiger partial charge in [-0.1, -0.05) is 32.6 Å². The molecule has 3 nitrogen and oxygen atoms in total. The molecular formula is C13H28N2O. The molecule has 1 rings (SSSR count). The topological polar surface area (TPSA) is 47.3 Å². The lowest BCUT2D eigenvalue weighted by atomic mass is 10.1. The molecule has 3 heteroatoms. The van der Waals surface area contributed by atoms with Gasteiger partial charge in [0, 0.05) is 25.7 Å². The van der Waals surface area contributed by atoms with Crippen molar-refractivity contribution in [2.24, 2.45) is 5.73 Å². The fourth-order valence-electron chi connectivity index (χ4n) is 2.22. The molecule has 0 amide bonds. The minimum Gasteiger partial charge on any atom is -0.377 e. The minimum atomic E-state index is 0.435. The molecule has 1 aliphatic rings. The Morgan fingerprint density at radius 2 is 2.25 bits per heavy atom. The second kappa shape index (κ2) is 8.97. The molecule has 0 radical (unpaired) electrons. The molecule has 0 spiro atoms. The summed E-state index contributed by atoms with van der Waals surface area (Å²) >= 11 is 0. The molecule has 2 atom stereocenters. The smallest absolute Gasteiger partial charge is 0.0700 e. The lowest BCUT2D eigenvalue weighted by Crippen LogP contribution is -2.40. The van der Waals surface area contributed by atoms with Crippen molar-refractivity contribution in [1.82, 2.24) is 5.32 Å². The monoisotopic (exact) mass is 228 g/mol. The van der Waals surface area contributed by atoms with Gasteiger partial charge >= 0.3 is 0 Å². The Morgan fingerprint density at radius 3 is 2.88 bits per heavy atom. The SMILES string of the molecule is CCCCCCC(CN)NCC1CCCO1. The van der Waals surface area contributed by atoms with E-state index in [-0.39, 0.29) is 0 Å². The lowest BCUT2D eigenvalue weighted by Gasteiger charge is -2.19. The second-order valence-corrected chi connectivity index (χ2v) is 4.83. The van der Waals surface area contributed by atoms with E-state index >= 15 is 0 Å². The van der Waals surface area contributed by atoms with Gasteiger partial charge in [0.2, 0.25) is 0 Å². The zero-order chi connectivity index (χ0) is 11.6. The maximum absolute atomic E-state index is 5.77. The quantitative estimate of drug-likeness (QED) is 0.594. The van der Waals surface area contributed by atoms with Crippen LogP contribution in [0, 0.1) is 0 Å².